The number of carbonyl (C=O) groups excluding carboxylic acids is 1. The number of nitrogens with zero attached hydrogens (tertiary/aromatic N) is 1. The van der Waals surface area contributed by atoms with Crippen LogP contribution in [0, 0.1) is 13.8 Å². The fourth-order valence-electron chi connectivity index (χ4n) is 3.81. The third kappa shape index (κ3) is 6.47. The van der Waals surface area contributed by atoms with Crippen molar-refractivity contribution in [3.8, 4) is 11.5 Å². The SMILES string of the molecule is Cc1noc(C)c1COc1ccc(CC(=O)N[C@@H](c2ccccc2)c2ccc(OC(F)F)cc2)cc1. The number of alkyl halides is 2. The van der Waals surface area contributed by atoms with E-state index in [2.05, 4.69) is 15.2 Å². The van der Waals surface area contributed by atoms with Gasteiger partial charge in [-0.05, 0) is 54.8 Å². The largest absolute Gasteiger partial charge is 0.489 e. The number of benzene rings is 3. The Morgan fingerprint density at radius 2 is 1.56 bits per heavy atom. The van der Waals surface area contributed by atoms with Crippen LogP contribution in [-0.2, 0) is 17.8 Å². The quantitative estimate of drug-likeness (QED) is 0.298. The van der Waals surface area contributed by atoms with Gasteiger partial charge in [0.25, 0.3) is 0 Å². The summed E-state index contributed by atoms with van der Waals surface area (Å²) < 4.78 is 40.4. The predicted molar refractivity (Wildman–Crippen MR) is 130 cm³/mol. The molecule has 4 aromatic rings. The standard InChI is InChI=1S/C28H26F2N2O4/c1-18-25(19(2)36-32-18)17-34-23-12-8-20(9-13-23)16-26(33)31-27(21-6-4-3-5-7-21)22-10-14-24(15-11-22)35-28(29)30/h3-15,27-28H,16-17H2,1-2H3,(H,31,33)/t27-/m0/s1. The second kappa shape index (κ2) is 11.5. The van der Waals surface area contributed by atoms with Gasteiger partial charge in [-0.3, -0.25) is 4.79 Å². The van der Waals surface area contributed by atoms with Gasteiger partial charge in [0.1, 0.15) is 23.9 Å². The molecule has 36 heavy (non-hydrogen) atoms. The molecule has 0 radical (unpaired) electrons. The van der Waals surface area contributed by atoms with E-state index in [1.54, 1.807) is 12.1 Å². The Kier molecular flexibility index (Phi) is 7.95. The Bertz CT molecular complexity index is 1250. The van der Waals surface area contributed by atoms with Crippen LogP contribution in [0.4, 0.5) is 8.78 Å². The summed E-state index contributed by atoms with van der Waals surface area (Å²) in [5.41, 5.74) is 4.16. The predicted octanol–water partition coefficient (Wildman–Crippen LogP) is 5.92. The Morgan fingerprint density at radius 1 is 0.917 bits per heavy atom. The highest BCUT2D eigenvalue weighted by molar-refractivity contribution is 5.79. The van der Waals surface area contributed by atoms with Gasteiger partial charge in [-0.25, -0.2) is 0 Å². The maximum atomic E-state index is 12.9. The van der Waals surface area contributed by atoms with E-state index in [0.717, 1.165) is 33.7 Å². The molecule has 1 atom stereocenters. The maximum absolute atomic E-state index is 12.9. The summed E-state index contributed by atoms with van der Waals surface area (Å²) in [6, 6.07) is 22.6. The van der Waals surface area contributed by atoms with Crippen LogP contribution in [0.25, 0.3) is 0 Å². The van der Waals surface area contributed by atoms with Gasteiger partial charge in [0.2, 0.25) is 5.91 Å². The fourth-order valence-corrected chi connectivity index (χ4v) is 3.81. The van der Waals surface area contributed by atoms with Crippen LogP contribution in [-0.4, -0.2) is 17.7 Å². The van der Waals surface area contributed by atoms with Crippen molar-refractivity contribution in [1.29, 1.82) is 0 Å². The van der Waals surface area contributed by atoms with E-state index in [9.17, 15) is 13.6 Å². The molecule has 1 amide bonds. The number of hydrogen-bond donors (Lipinski definition) is 1. The molecule has 0 aliphatic carbocycles. The van der Waals surface area contributed by atoms with Crippen molar-refractivity contribution in [2.75, 3.05) is 0 Å². The van der Waals surface area contributed by atoms with E-state index in [1.165, 1.54) is 12.1 Å². The van der Waals surface area contributed by atoms with Gasteiger partial charge in [0.05, 0.1) is 23.7 Å². The highest BCUT2D eigenvalue weighted by atomic mass is 19.3. The van der Waals surface area contributed by atoms with Crippen LogP contribution in [0.15, 0.2) is 83.4 Å². The van der Waals surface area contributed by atoms with E-state index in [-0.39, 0.29) is 18.1 Å². The minimum absolute atomic E-state index is 0.0588. The molecule has 3 aromatic carbocycles. The van der Waals surface area contributed by atoms with E-state index in [4.69, 9.17) is 9.26 Å². The maximum Gasteiger partial charge on any atom is 0.387 e. The molecule has 0 fully saturated rings. The van der Waals surface area contributed by atoms with Crippen molar-refractivity contribution in [2.45, 2.75) is 39.5 Å². The summed E-state index contributed by atoms with van der Waals surface area (Å²) in [4.78, 5) is 12.9. The minimum atomic E-state index is -2.90. The summed E-state index contributed by atoms with van der Waals surface area (Å²) >= 11 is 0. The molecular formula is C28H26F2N2O4. The lowest BCUT2D eigenvalue weighted by molar-refractivity contribution is -0.120. The number of carbonyl (C=O) groups is 1. The highest BCUT2D eigenvalue weighted by Gasteiger charge is 2.18. The lowest BCUT2D eigenvalue weighted by Gasteiger charge is -2.20. The smallest absolute Gasteiger partial charge is 0.387 e. The molecule has 8 heteroatoms. The molecule has 4 rings (SSSR count). The first-order valence-electron chi connectivity index (χ1n) is 11.4. The Hall–Kier alpha value is -4.20. The van der Waals surface area contributed by atoms with Crippen LogP contribution in [0.5, 0.6) is 11.5 Å². The molecule has 1 heterocycles. The molecule has 0 saturated heterocycles. The number of nitrogens with one attached hydrogen (secondary N) is 1. The van der Waals surface area contributed by atoms with Gasteiger partial charge in [-0.15, -0.1) is 0 Å². The number of ether oxygens (including phenoxy) is 2. The zero-order chi connectivity index (χ0) is 25.5. The lowest BCUT2D eigenvalue weighted by atomic mass is 9.98. The van der Waals surface area contributed by atoms with Crippen LogP contribution in [0.3, 0.4) is 0 Å². The monoisotopic (exact) mass is 492 g/mol. The molecule has 186 valence electrons. The van der Waals surface area contributed by atoms with E-state index in [1.807, 2.05) is 68.4 Å². The number of rotatable bonds is 10. The first kappa shape index (κ1) is 24.9. The van der Waals surface area contributed by atoms with Crippen molar-refractivity contribution < 1.29 is 27.6 Å². The van der Waals surface area contributed by atoms with Crippen molar-refractivity contribution in [2.24, 2.45) is 0 Å². The number of halogens is 2. The summed E-state index contributed by atoms with van der Waals surface area (Å²) in [6.07, 6.45) is 0.167. The highest BCUT2D eigenvalue weighted by Crippen LogP contribution is 2.25. The second-order valence-electron chi connectivity index (χ2n) is 8.27. The molecule has 6 nitrogen and oxygen atoms in total. The molecule has 1 N–H and O–H groups in total. The molecule has 0 aliphatic rings. The van der Waals surface area contributed by atoms with Crippen molar-refractivity contribution in [3.05, 3.63) is 113 Å². The normalized spacial score (nSPS) is 11.8. The van der Waals surface area contributed by atoms with Crippen molar-refractivity contribution in [3.63, 3.8) is 0 Å². The first-order chi connectivity index (χ1) is 17.4. The summed E-state index contributed by atoms with van der Waals surface area (Å²) in [6.45, 7) is 1.16. The first-order valence-corrected chi connectivity index (χ1v) is 11.4. The number of aromatic nitrogens is 1. The molecule has 1 aromatic heterocycles. The van der Waals surface area contributed by atoms with Gasteiger partial charge in [0.15, 0.2) is 0 Å². The molecule has 0 spiro atoms. The summed E-state index contributed by atoms with van der Waals surface area (Å²) in [5.74, 6) is 1.28. The second-order valence-corrected chi connectivity index (χ2v) is 8.27. The number of amides is 1. The van der Waals surface area contributed by atoms with E-state index < -0.39 is 12.7 Å². The Balaban J connectivity index is 1.41. The van der Waals surface area contributed by atoms with Gasteiger partial charge in [-0.2, -0.15) is 8.78 Å². The van der Waals surface area contributed by atoms with Crippen LogP contribution >= 0.6 is 0 Å². The van der Waals surface area contributed by atoms with Crippen molar-refractivity contribution >= 4 is 5.91 Å². The average molecular weight is 493 g/mol. The van der Waals surface area contributed by atoms with E-state index in [0.29, 0.717) is 12.4 Å². The van der Waals surface area contributed by atoms with Gasteiger partial charge < -0.3 is 19.3 Å². The summed E-state index contributed by atoms with van der Waals surface area (Å²) in [5, 5.41) is 6.97. The average Bonchev–Trinajstić information content (AvgIpc) is 3.20. The van der Waals surface area contributed by atoms with Crippen LogP contribution < -0.4 is 14.8 Å². The fraction of sp³-hybridized carbons (Fsp3) is 0.214. The molecule has 0 aliphatic heterocycles. The van der Waals surface area contributed by atoms with Crippen LogP contribution in [0.2, 0.25) is 0 Å². The molecular weight excluding hydrogens is 466 g/mol. The molecule has 0 saturated carbocycles. The molecule has 0 unspecified atom stereocenters. The van der Waals surface area contributed by atoms with Gasteiger partial charge in [0, 0.05) is 0 Å². The molecule has 0 bridgehead atoms. The van der Waals surface area contributed by atoms with Gasteiger partial charge >= 0.3 is 6.61 Å². The topological polar surface area (TPSA) is 73.6 Å². The zero-order valence-electron chi connectivity index (χ0n) is 19.9. The lowest BCUT2D eigenvalue weighted by Crippen LogP contribution is -2.30. The van der Waals surface area contributed by atoms with E-state index >= 15 is 0 Å². The third-order valence-electron chi connectivity index (χ3n) is 5.73. The van der Waals surface area contributed by atoms with Crippen molar-refractivity contribution in [1.82, 2.24) is 10.5 Å². The minimum Gasteiger partial charge on any atom is -0.489 e. The Labute approximate surface area is 207 Å². The zero-order valence-corrected chi connectivity index (χ0v) is 19.9. The number of hydrogen-bond acceptors (Lipinski definition) is 5. The summed E-state index contributed by atoms with van der Waals surface area (Å²) in [7, 11) is 0. The third-order valence-corrected chi connectivity index (χ3v) is 5.73. The Morgan fingerprint density at radius 3 is 2.17 bits per heavy atom. The van der Waals surface area contributed by atoms with Gasteiger partial charge in [-0.1, -0.05) is 59.8 Å². The van der Waals surface area contributed by atoms with Crippen LogP contribution in [0.1, 0.15) is 39.7 Å². The number of aryl methyl sites for hydroxylation is 2.